The highest BCUT2D eigenvalue weighted by atomic mass is 15.1. The van der Waals surface area contributed by atoms with Crippen molar-refractivity contribution in [1.82, 2.24) is 14.9 Å². The van der Waals surface area contributed by atoms with Crippen LogP contribution in [0.4, 0.5) is 0 Å². The molecular formula is C16H29N3. The Hall–Kier alpha value is -0.830. The molecule has 1 heterocycles. The Kier molecular flexibility index (Phi) is 3.78. The van der Waals surface area contributed by atoms with Gasteiger partial charge in [0.2, 0.25) is 0 Å². The molecule has 1 N–H and O–H groups in total. The van der Waals surface area contributed by atoms with Crippen molar-refractivity contribution in [2.45, 2.75) is 60.5 Å². The van der Waals surface area contributed by atoms with Crippen molar-refractivity contribution in [3.05, 3.63) is 18.2 Å². The summed E-state index contributed by atoms with van der Waals surface area (Å²) >= 11 is 0. The lowest BCUT2D eigenvalue weighted by Gasteiger charge is -2.20. The summed E-state index contributed by atoms with van der Waals surface area (Å²) in [4.78, 5) is 4.54. The second-order valence-corrected chi connectivity index (χ2v) is 6.92. The summed E-state index contributed by atoms with van der Waals surface area (Å²) < 4.78 is 2.26. The molecule has 1 aromatic rings. The first-order valence-electron chi connectivity index (χ1n) is 7.59. The molecule has 2 rings (SSSR count). The maximum absolute atomic E-state index is 4.54. The molecule has 0 aromatic carbocycles. The standard InChI is InChI=1S/C16H29N3/c1-7-17-12(14-15(3,4)16(14,5)6)11-13-18-9-10-19(13)8-2/h9-10,12,14,17H,7-8,11H2,1-6H3. The molecule has 19 heavy (non-hydrogen) atoms. The quantitative estimate of drug-likeness (QED) is 0.854. The van der Waals surface area contributed by atoms with E-state index in [9.17, 15) is 0 Å². The van der Waals surface area contributed by atoms with Gasteiger partial charge in [0.15, 0.2) is 0 Å². The van der Waals surface area contributed by atoms with Crippen LogP contribution < -0.4 is 5.32 Å². The molecule has 0 saturated heterocycles. The Balaban J connectivity index is 2.15. The number of aryl methyl sites for hydroxylation is 1. The zero-order valence-electron chi connectivity index (χ0n) is 13.3. The average Bonchev–Trinajstić information content (AvgIpc) is 2.68. The van der Waals surface area contributed by atoms with E-state index in [0.29, 0.717) is 16.9 Å². The molecule has 108 valence electrons. The van der Waals surface area contributed by atoms with E-state index in [1.54, 1.807) is 0 Å². The van der Waals surface area contributed by atoms with E-state index in [4.69, 9.17) is 0 Å². The van der Waals surface area contributed by atoms with Crippen molar-refractivity contribution in [2.24, 2.45) is 16.7 Å². The molecule has 3 nitrogen and oxygen atoms in total. The van der Waals surface area contributed by atoms with Gasteiger partial charge in [-0.1, -0.05) is 34.6 Å². The van der Waals surface area contributed by atoms with E-state index >= 15 is 0 Å². The van der Waals surface area contributed by atoms with Crippen molar-refractivity contribution in [1.29, 1.82) is 0 Å². The SMILES string of the molecule is CCNC(Cc1nccn1CC)C1C(C)(C)C1(C)C. The van der Waals surface area contributed by atoms with Crippen LogP contribution in [0, 0.1) is 16.7 Å². The Bertz CT molecular complexity index is 417. The van der Waals surface area contributed by atoms with Crippen LogP contribution in [0.5, 0.6) is 0 Å². The molecule has 1 aliphatic carbocycles. The molecule has 0 bridgehead atoms. The monoisotopic (exact) mass is 263 g/mol. The third-order valence-corrected chi connectivity index (χ3v) is 5.55. The number of nitrogens with zero attached hydrogens (tertiary/aromatic N) is 2. The first-order chi connectivity index (χ1) is 8.86. The number of hydrogen-bond donors (Lipinski definition) is 1. The van der Waals surface area contributed by atoms with E-state index in [0.717, 1.165) is 25.4 Å². The van der Waals surface area contributed by atoms with Crippen LogP contribution in [0.3, 0.4) is 0 Å². The van der Waals surface area contributed by atoms with Gasteiger partial charge in [-0.25, -0.2) is 4.98 Å². The van der Waals surface area contributed by atoms with Gasteiger partial charge in [0.1, 0.15) is 5.82 Å². The molecular weight excluding hydrogens is 234 g/mol. The molecule has 1 saturated carbocycles. The predicted molar refractivity (Wildman–Crippen MR) is 80.1 cm³/mol. The van der Waals surface area contributed by atoms with E-state index < -0.39 is 0 Å². The average molecular weight is 263 g/mol. The van der Waals surface area contributed by atoms with Crippen molar-refractivity contribution < 1.29 is 0 Å². The van der Waals surface area contributed by atoms with Gasteiger partial charge in [-0.2, -0.15) is 0 Å². The van der Waals surface area contributed by atoms with Crippen molar-refractivity contribution in [2.75, 3.05) is 6.54 Å². The summed E-state index contributed by atoms with van der Waals surface area (Å²) in [7, 11) is 0. The Morgan fingerprint density at radius 3 is 2.37 bits per heavy atom. The van der Waals surface area contributed by atoms with Crippen LogP contribution in [0.2, 0.25) is 0 Å². The van der Waals surface area contributed by atoms with Crippen molar-refractivity contribution in [3.63, 3.8) is 0 Å². The third kappa shape index (κ3) is 2.33. The molecule has 0 spiro atoms. The van der Waals surface area contributed by atoms with Crippen LogP contribution in [0.15, 0.2) is 12.4 Å². The molecule has 1 fully saturated rings. The highest BCUT2D eigenvalue weighted by molar-refractivity contribution is 5.17. The van der Waals surface area contributed by atoms with E-state index in [1.807, 2.05) is 6.20 Å². The molecule has 0 aliphatic heterocycles. The van der Waals surface area contributed by atoms with E-state index in [2.05, 4.69) is 62.6 Å². The van der Waals surface area contributed by atoms with Crippen LogP contribution >= 0.6 is 0 Å². The van der Waals surface area contributed by atoms with E-state index in [1.165, 1.54) is 5.82 Å². The summed E-state index contributed by atoms with van der Waals surface area (Å²) in [5.74, 6) is 1.94. The van der Waals surface area contributed by atoms with Gasteiger partial charge in [0, 0.05) is 31.4 Å². The number of imidazole rings is 1. The van der Waals surface area contributed by atoms with Gasteiger partial charge < -0.3 is 9.88 Å². The van der Waals surface area contributed by atoms with Gasteiger partial charge in [0.25, 0.3) is 0 Å². The lowest BCUT2D eigenvalue weighted by atomic mass is 10.0. The minimum Gasteiger partial charge on any atom is -0.335 e. The highest BCUT2D eigenvalue weighted by Gasteiger charge is 2.66. The predicted octanol–water partition coefficient (Wildman–Crippen LogP) is 3.11. The summed E-state index contributed by atoms with van der Waals surface area (Å²) in [6.07, 6.45) is 5.04. The number of aromatic nitrogens is 2. The Labute approximate surface area is 117 Å². The molecule has 1 unspecified atom stereocenters. The normalized spacial score (nSPS) is 22.4. The Morgan fingerprint density at radius 1 is 1.26 bits per heavy atom. The number of nitrogens with one attached hydrogen (secondary N) is 1. The highest BCUT2D eigenvalue weighted by Crippen LogP contribution is 2.69. The summed E-state index contributed by atoms with van der Waals surface area (Å²) in [6, 6.07) is 0.530. The van der Waals surface area contributed by atoms with E-state index in [-0.39, 0.29) is 0 Å². The summed E-state index contributed by atoms with van der Waals surface area (Å²) in [5.41, 5.74) is 0.840. The Morgan fingerprint density at radius 2 is 1.89 bits per heavy atom. The molecule has 3 heteroatoms. The van der Waals surface area contributed by atoms with Crippen molar-refractivity contribution in [3.8, 4) is 0 Å². The summed E-state index contributed by atoms with van der Waals surface area (Å²) in [5, 5.41) is 3.69. The summed E-state index contributed by atoms with van der Waals surface area (Å²) in [6.45, 7) is 16.0. The molecule has 0 radical (unpaired) electrons. The maximum atomic E-state index is 4.54. The number of rotatable bonds is 6. The second kappa shape index (κ2) is 4.93. The molecule has 1 aromatic heterocycles. The van der Waals surface area contributed by atoms with Crippen LogP contribution in [-0.2, 0) is 13.0 Å². The largest absolute Gasteiger partial charge is 0.335 e. The van der Waals surface area contributed by atoms with Crippen molar-refractivity contribution >= 4 is 0 Å². The smallest absolute Gasteiger partial charge is 0.110 e. The maximum Gasteiger partial charge on any atom is 0.110 e. The molecule has 0 amide bonds. The molecule has 1 aliphatic rings. The topological polar surface area (TPSA) is 29.9 Å². The van der Waals surface area contributed by atoms with Crippen LogP contribution in [0.1, 0.15) is 47.4 Å². The van der Waals surface area contributed by atoms with Gasteiger partial charge in [-0.3, -0.25) is 0 Å². The van der Waals surface area contributed by atoms with Gasteiger partial charge in [-0.15, -0.1) is 0 Å². The third-order valence-electron chi connectivity index (χ3n) is 5.55. The first kappa shape index (κ1) is 14.6. The second-order valence-electron chi connectivity index (χ2n) is 6.92. The fraction of sp³-hybridized carbons (Fsp3) is 0.812. The minimum absolute atomic E-state index is 0.420. The molecule has 1 atom stereocenters. The fourth-order valence-electron chi connectivity index (χ4n) is 3.84. The van der Waals surface area contributed by atoms with Crippen LogP contribution in [0.25, 0.3) is 0 Å². The minimum atomic E-state index is 0.420. The van der Waals surface area contributed by atoms with Crippen LogP contribution in [-0.4, -0.2) is 22.1 Å². The van der Waals surface area contributed by atoms with Gasteiger partial charge in [-0.05, 0) is 30.2 Å². The lowest BCUT2D eigenvalue weighted by Crippen LogP contribution is -2.36. The first-order valence-corrected chi connectivity index (χ1v) is 7.59. The zero-order valence-corrected chi connectivity index (χ0v) is 13.3. The lowest BCUT2D eigenvalue weighted by molar-refractivity contribution is 0.392. The van der Waals surface area contributed by atoms with Gasteiger partial charge in [0.05, 0.1) is 0 Å². The van der Waals surface area contributed by atoms with Gasteiger partial charge >= 0.3 is 0 Å². The zero-order chi connectivity index (χ0) is 14.3. The number of hydrogen-bond acceptors (Lipinski definition) is 2. The number of likely N-dealkylation sites (N-methyl/N-ethyl adjacent to an activating group) is 1. The fourth-order valence-corrected chi connectivity index (χ4v) is 3.84.